The van der Waals surface area contributed by atoms with Gasteiger partial charge in [0.25, 0.3) is 0 Å². The molecule has 1 amide bonds. The molecule has 0 bridgehead atoms. The summed E-state index contributed by atoms with van der Waals surface area (Å²) in [6.07, 6.45) is 0.0367. The molecule has 2 aromatic rings. The van der Waals surface area contributed by atoms with Gasteiger partial charge in [-0.3, -0.25) is 5.32 Å². The van der Waals surface area contributed by atoms with E-state index in [1.165, 1.54) is 0 Å². The van der Waals surface area contributed by atoms with Crippen LogP contribution in [0.1, 0.15) is 29.7 Å². The molecule has 1 aliphatic rings. The number of carbonyl (C=O) groups excluding carboxylic acids is 1. The summed E-state index contributed by atoms with van der Waals surface area (Å²) in [5.41, 5.74) is 9.77. The molecule has 1 unspecified atom stereocenters. The Morgan fingerprint density at radius 1 is 1.42 bits per heavy atom. The first-order valence-electron chi connectivity index (χ1n) is 7.87. The van der Waals surface area contributed by atoms with Crippen molar-refractivity contribution in [1.29, 1.82) is 0 Å². The second kappa shape index (κ2) is 6.39. The molecule has 3 rings (SSSR count). The minimum atomic E-state index is -0.654. The average molecular weight is 329 g/mol. The molecule has 6 heteroatoms. The number of nitrogens with one attached hydrogen (secondary N) is 2. The van der Waals surface area contributed by atoms with Gasteiger partial charge >= 0.3 is 6.09 Å². The molecular formula is C18H20FN3O2. The average Bonchev–Trinajstić information content (AvgIpc) is 2.95. The summed E-state index contributed by atoms with van der Waals surface area (Å²) < 4.78 is 19.5. The maximum absolute atomic E-state index is 14.7. The van der Waals surface area contributed by atoms with E-state index in [1.807, 2.05) is 19.1 Å². The van der Waals surface area contributed by atoms with E-state index in [-0.39, 0.29) is 24.0 Å². The van der Waals surface area contributed by atoms with Crippen LogP contribution >= 0.6 is 0 Å². The molecule has 0 saturated carbocycles. The van der Waals surface area contributed by atoms with Crippen molar-refractivity contribution in [3.05, 3.63) is 52.8 Å². The maximum Gasteiger partial charge on any atom is 0.411 e. The first-order chi connectivity index (χ1) is 11.5. The molecule has 1 aliphatic heterocycles. The largest absolute Gasteiger partial charge is 0.450 e. The Morgan fingerprint density at radius 3 is 2.96 bits per heavy atom. The van der Waals surface area contributed by atoms with Gasteiger partial charge in [0.05, 0.1) is 24.0 Å². The fourth-order valence-electron chi connectivity index (χ4n) is 2.91. The smallest absolute Gasteiger partial charge is 0.411 e. The van der Waals surface area contributed by atoms with Gasteiger partial charge in [-0.15, -0.1) is 0 Å². The molecular weight excluding hydrogens is 309 g/mol. The number of anilines is 3. The summed E-state index contributed by atoms with van der Waals surface area (Å²) in [5, 5.41) is 5.78. The van der Waals surface area contributed by atoms with Crippen LogP contribution in [0.5, 0.6) is 0 Å². The van der Waals surface area contributed by atoms with Gasteiger partial charge in [0, 0.05) is 11.3 Å². The number of benzene rings is 2. The van der Waals surface area contributed by atoms with Crippen LogP contribution in [-0.4, -0.2) is 12.7 Å². The quantitative estimate of drug-likeness (QED) is 0.744. The standard InChI is InChI=1S/C18H20FN3O2/c1-3-24-18(23)22-13-7-6-12(16(19)17(13)20)15-9-11-5-4-10(2)8-14(11)21-15/h4-8,15,21H,3,9,20H2,1-2H3,(H,22,23). The van der Waals surface area contributed by atoms with Crippen LogP contribution in [0.25, 0.3) is 0 Å². The predicted octanol–water partition coefficient (Wildman–Crippen LogP) is 3.99. The predicted molar refractivity (Wildman–Crippen MR) is 92.7 cm³/mol. The number of carbonyl (C=O) groups is 1. The van der Waals surface area contributed by atoms with Crippen LogP contribution in [0.3, 0.4) is 0 Å². The Kier molecular flexibility index (Phi) is 4.29. The zero-order valence-corrected chi connectivity index (χ0v) is 13.7. The molecule has 0 saturated heterocycles. The van der Waals surface area contributed by atoms with E-state index < -0.39 is 11.9 Å². The van der Waals surface area contributed by atoms with E-state index in [0.29, 0.717) is 12.0 Å². The van der Waals surface area contributed by atoms with Crippen LogP contribution in [0.2, 0.25) is 0 Å². The van der Waals surface area contributed by atoms with E-state index in [4.69, 9.17) is 10.5 Å². The Balaban J connectivity index is 1.83. The molecule has 1 atom stereocenters. The fraction of sp³-hybridized carbons (Fsp3) is 0.278. The highest BCUT2D eigenvalue weighted by molar-refractivity contribution is 5.89. The number of fused-ring (bicyclic) bond motifs is 1. The van der Waals surface area contributed by atoms with Crippen LogP contribution in [0.4, 0.5) is 26.2 Å². The van der Waals surface area contributed by atoms with Crippen LogP contribution in [-0.2, 0) is 11.2 Å². The topological polar surface area (TPSA) is 76.4 Å². The molecule has 1 heterocycles. The van der Waals surface area contributed by atoms with Crippen molar-refractivity contribution in [3.8, 4) is 0 Å². The number of hydrogen-bond acceptors (Lipinski definition) is 4. The van der Waals surface area contributed by atoms with Crippen molar-refractivity contribution in [2.24, 2.45) is 0 Å². The van der Waals surface area contributed by atoms with Gasteiger partial charge in [0.15, 0.2) is 5.82 Å². The van der Waals surface area contributed by atoms with Gasteiger partial charge in [0.1, 0.15) is 0 Å². The van der Waals surface area contributed by atoms with Gasteiger partial charge < -0.3 is 15.8 Å². The second-order valence-electron chi connectivity index (χ2n) is 5.84. The van der Waals surface area contributed by atoms with Crippen molar-refractivity contribution < 1.29 is 13.9 Å². The minimum Gasteiger partial charge on any atom is -0.450 e. The molecule has 0 aromatic heterocycles. The number of aryl methyl sites for hydroxylation is 1. The number of amides is 1. The summed E-state index contributed by atoms with van der Waals surface area (Å²) in [6.45, 7) is 3.94. The number of halogens is 1. The SMILES string of the molecule is CCOC(=O)Nc1ccc(C2Cc3ccc(C)cc3N2)c(F)c1N. The normalized spacial score (nSPS) is 15.5. The second-order valence-corrected chi connectivity index (χ2v) is 5.84. The Bertz CT molecular complexity index is 792. The van der Waals surface area contributed by atoms with Crippen LogP contribution in [0, 0.1) is 12.7 Å². The molecule has 126 valence electrons. The Hall–Kier alpha value is -2.76. The van der Waals surface area contributed by atoms with Gasteiger partial charge in [-0.2, -0.15) is 0 Å². The van der Waals surface area contributed by atoms with Gasteiger partial charge in [-0.1, -0.05) is 18.2 Å². The Morgan fingerprint density at radius 2 is 2.21 bits per heavy atom. The summed E-state index contributed by atoms with van der Waals surface area (Å²) in [7, 11) is 0. The molecule has 2 aromatic carbocycles. The summed E-state index contributed by atoms with van der Waals surface area (Å²) in [4.78, 5) is 11.5. The van der Waals surface area contributed by atoms with Gasteiger partial charge in [0.2, 0.25) is 0 Å². The van der Waals surface area contributed by atoms with Gasteiger partial charge in [-0.05, 0) is 43.5 Å². The van der Waals surface area contributed by atoms with Crippen molar-refractivity contribution in [2.45, 2.75) is 26.3 Å². The van der Waals surface area contributed by atoms with E-state index in [2.05, 4.69) is 16.7 Å². The lowest BCUT2D eigenvalue weighted by molar-refractivity contribution is 0.168. The van der Waals surface area contributed by atoms with Crippen LogP contribution in [0.15, 0.2) is 30.3 Å². The lowest BCUT2D eigenvalue weighted by Gasteiger charge is -2.16. The number of nitrogen functional groups attached to an aromatic ring is 1. The highest BCUT2D eigenvalue weighted by Crippen LogP contribution is 2.38. The lowest BCUT2D eigenvalue weighted by Crippen LogP contribution is -2.16. The summed E-state index contributed by atoms with van der Waals surface area (Å²) in [5.74, 6) is -0.522. The van der Waals surface area contributed by atoms with E-state index in [0.717, 1.165) is 16.8 Å². The number of ether oxygens (including phenoxy) is 1. The molecule has 4 N–H and O–H groups in total. The van der Waals surface area contributed by atoms with E-state index in [9.17, 15) is 9.18 Å². The molecule has 0 aliphatic carbocycles. The highest BCUT2D eigenvalue weighted by Gasteiger charge is 2.26. The summed E-state index contributed by atoms with van der Waals surface area (Å²) >= 11 is 0. The zero-order chi connectivity index (χ0) is 17.3. The monoisotopic (exact) mass is 329 g/mol. The minimum absolute atomic E-state index is 0.0884. The third-order valence-corrected chi connectivity index (χ3v) is 4.12. The Labute approximate surface area is 140 Å². The van der Waals surface area contributed by atoms with Crippen LogP contribution < -0.4 is 16.4 Å². The molecule has 0 fully saturated rings. The van der Waals surface area contributed by atoms with Crippen molar-refractivity contribution >= 4 is 23.2 Å². The molecule has 5 nitrogen and oxygen atoms in total. The van der Waals surface area contributed by atoms with Crippen molar-refractivity contribution in [2.75, 3.05) is 23.0 Å². The fourth-order valence-corrected chi connectivity index (χ4v) is 2.91. The third kappa shape index (κ3) is 2.99. The molecule has 24 heavy (non-hydrogen) atoms. The highest BCUT2D eigenvalue weighted by atomic mass is 19.1. The van der Waals surface area contributed by atoms with Gasteiger partial charge in [-0.25, -0.2) is 9.18 Å². The van der Waals surface area contributed by atoms with Crippen molar-refractivity contribution in [3.63, 3.8) is 0 Å². The number of hydrogen-bond donors (Lipinski definition) is 3. The number of rotatable bonds is 3. The maximum atomic E-state index is 14.7. The number of nitrogens with two attached hydrogens (primary N) is 1. The molecule has 0 radical (unpaired) electrons. The molecule has 0 spiro atoms. The third-order valence-electron chi connectivity index (χ3n) is 4.12. The first-order valence-corrected chi connectivity index (χ1v) is 7.87. The lowest BCUT2D eigenvalue weighted by atomic mass is 10.0. The van der Waals surface area contributed by atoms with E-state index >= 15 is 0 Å². The van der Waals surface area contributed by atoms with Crippen molar-refractivity contribution in [1.82, 2.24) is 0 Å². The summed E-state index contributed by atoms with van der Waals surface area (Å²) in [6, 6.07) is 9.20. The zero-order valence-electron chi connectivity index (χ0n) is 13.7. The van der Waals surface area contributed by atoms with E-state index in [1.54, 1.807) is 19.1 Å². The first kappa shape index (κ1) is 16.1.